The van der Waals surface area contributed by atoms with Crippen LogP contribution >= 0.6 is 23.3 Å². The highest BCUT2D eigenvalue weighted by molar-refractivity contribution is 8.00. The number of nitrogens with one attached hydrogen (secondary N) is 1. The molecule has 12 nitrogen and oxygen atoms in total. The lowest BCUT2D eigenvalue weighted by atomic mass is 9.80. The maximum absolute atomic E-state index is 14.1. The smallest absolute Gasteiger partial charge is 0.352 e. The van der Waals surface area contributed by atoms with Gasteiger partial charge < -0.3 is 21.0 Å². The second-order valence-electron chi connectivity index (χ2n) is 11.4. The number of hydrogen-bond acceptors (Lipinski definition) is 10. The highest BCUT2D eigenvalue weighted by Gasteiger charge is 2.55. The lowest BCUT2D eigenvalue weighted by molar-refractivity contribution is -0.689. The normalized spacial score (nSPS) is 17.5. The first-order valence-electron chi connectivity index (χ1n) is 15.5. The summed E-state index contributed by atoms with van der Waals surface area (Å²) in [5.74, 6) is -2.28. The molecule has 14 heteroatoms. The van der Waals surface area contributed by atoms with E-state index in [1.54, 1.807) is 0 Å². The molecule has 50 heavy (non-hydrogen) atoms. The van der Waals surface area contributed by atoms with E-state index >= 15 is 0 Å². The maximum Gasteiger partial charge on any atom is 0.352 e. The number of rotatable bonds is 11. The lowest BCUT2D eigenvalue weighted by Gasteiger charge is -2.49. The van der Waals surface area contributed by atoms with Crippen molar-refractivity contribution in [1.82, 2.24) is 19.6 Å². The summed E-state index contributed by atoms with van der Waals surface area (Å²) in [6.07, 6.45) is 3.66. The van der Waals surface area contributed by atoms with Crippen LogP contribution in [0.2, 0.25) is 0 Å². The number of nitrogen functional groups attached to an aromatic ring is 1. The van der Waals surface area contributed by atoms with Crippen LogP contribution in [0.25, 0.3) is 0 Å². The number of oxime groups is 1. The van der Waals surface area contributed by atoms with Crippen LogP contribution in [0, 0.1) is 0 Å². The Morgan fingerprint density at radius 1 is 0.940 bits per heavy atom. The molecule has 2 amide bonds. The number of carbonyl (C=O) groups excluding carboxylic acids is 2. The van der Waals surface area contributed by atoms with Gasteiger partial charge in [-0.1, -0.05) is 102 Å². The molecule has 250 valence electrons. The van der Waals surface area contributed by atoms with E-state index in [1.165, 1.54) is 16.7 Å². The van der Waals surface area contributed by atoms with Crippen molar-refractivity contribution in [3.05, 3.63) is 155 Å². The highest BCUT2D eigenvalue weighted by atomic mass is 32.2. The van der Waals surface area contributed by atoms with Crippen LogP contribution in [0.3, 0.4) is 0 Å². The molecule has 2 atom stereocenters. The number of carbonyl (C=O) groups is 3. The summed E-state index contributed by atoms with van der Waals surface area (Å²) in [5, 5.41) is 16.8. The molecule has 2 aromatic heterocycles. The van der Waals surface area contributed by atoms with Crippen molar-refractivity contribution in [2.24, 2.45) is 5.16 Å². The van der Waals surface area contributed by atoms with Crippen molar-refractivity contribution in [2.75, 3.05) is 11.5 Å². The molecule has 7 rings (SSSR count). The van der Waals surface area contributed by atoms with E-state index < -0.39 is 34.8 Å². The maximum atomic E-state index is 14.1. The lowest BCUT2D eigenvalue weighted by Crippen LogP contribution is -2.71. The van der Waals surface area contributed by atoms with Gasteiger partial charge in [0.15, 0.2) is 24.1 Å². The largest absolute Gasteiger partial charge is 0.477 e. The zero-order chi connectivity index (χ0) is 34.7. The van der Waals surface area contributed by atoms with Crippen LogP contribution in [-0.4, -0.2) is 60.0 Å². The minimum absolute atomic E-state index is 0.0786. The summed E-state index contributed by atoms with van der Waals surface area (Å²) in [7, 11) is 0. The van der Waals surface area contributed by atoms with Gasteiger partial charge in [-0.15, -0.1) is 11.8 Å². The third-order valence-corrected chi connectivity index (χ3v) is 10.3. The number of hydrogen-bond donors (Lipinski definition) is 3. The summed E-state index contributed by atoms with van der Waals surface area (Å²) in [6, 6.07) is 33.0. The number of carboxylic acids is 1. The molecule has 2 aliphatic rings. The van der Waals surface area contributed by atoms with Gasteiger partial charge in [0.2, 0.25) is 17.1 Å². The number of nitrogens with zero attached hydrogens (tertiary/aromatic N) is 5. The van der Waals surface area contributed by atoms with Crippen molar-refractivity contribution in [3.63, 3.8) is 0 Å². The number of thioether (sulfide) groups is 1. The Balaban J connectivity index is 1.23. The number of anilines is 1. The molecule has 5 aromatic rings. The molecular formula is C36H30N7O5S2+. The Hall–Kier alpha value is -5.86. The van der Waals surface area contributed by atoms with Gasteiger partial charge in [0, 0.05) is 51.7 Å². The third-order valence-electron chi connectivity index (χ3n) is 8.37. The van der Waals surface area contributed by atoms with Gasteiger partial charge in [-0.2, -0.15) is 9.36 Å². The number of benzene rings is 3. The predicted molar refractivity (Wildman–Crippen MR) is 187 cm³/mol. The van der Waals surface area contributed by atoms with Crippen LogP contribution in [0.4, 0.5) is 5.13 Å². The number of nitrogens with two attached hydrogens (primary N) is 1. The van der Waals surface area contributed by atoms with Gasteiger partial charge in [0.25, 0.3) is 11.8 Å². The quantitative estimate of drug-likeness (QED) is 0.0614. The summed E-state index contributed by atoms with van der Waals surface area (Å²) in [4.78, 5) is 52.0. The molecule has 0 spiro atoms. The van der Waals surface area contributed by atoms with Gasteiger partial charge in [-0.3, -0.25) is 14.5 Å². The Kier molecular flexibility index (Phi) is 9.11. The molecule has 3 aromatic carbocycles. The molecule has 0 aliphatic carbocycles. The number of aromatic nitrogens is 3. The fourth-order valence-electron chi connectivity index (χ4n) is 6.08. The molecule has 0 saturated carbocycles. The van der Waals surface area contributed by atoms with Crippen molar-refractivity contribution < 1.29 is 28.9 Å². The molecule has 2 aliphatic heterocycles. The molecular weight excluding hydrogens is 675 g/mol. The zero-order valence-corrected chi connectivity index (χ0v) is 28.0. The van der Waals surface area contributed by atoms with E-state index in [0.29, 0.717) is 17.9 Å². The van der Waals surface area contributed by atoms with E-state index in [2.05, 4.69) is 19.8 Å². The van der Waals surface area contributed by atoms with E-state index in [1.807, 2.05) is 126 Å². The number of pyridine rings is 1. The Labute approximate surface area is 295 Å². The van der Waals surface area contributed by atoms with Crippen LogP contribution < -0.4 is 15.6 Å². The first-order chi connectivity index (χ1) is 24.4. The minimum Gasteiger partial charge on any atom is -0.477 e. The number of β-lactam (4-membered cyclic amide) rings is 1. The summed E-state index contributed by atoms with van der Waals surface area (Å²) in [6.45, 7) is 0.306. The number of fused-ring (bicyclic) bond motifs is 1. The van der Waals surface area contributed by atoms with Crippen molar-refractivity contribution >= 4 is 51.9 Å². The summed E-state index contributed by atoms with van der Waals surface area (Å²) < 4.78 is 6.08. The van der Waals surface area contributed by atoms with Gasteiger partial charge in [-0.25, -0.2) is 9.36 Å². The third kappa shape index (κ3) is 6.10. The summed E-state index contributed by atoms with van der Waals surface area (Å²) >= 11 is 2.25. The van der Waals surface area contributed by atoms with E-state index in [0.717, 1.165) is 28.2 Å². The van der Waals surface area contributed by atoms with Gasteiger partial charge in [-0.05, 0) is 0 Å². The van der Waals surface area contributed by atoms with E-state index in [9.17, 15) is 19.5 Å². The Morgan fingerprint density at radius 2 is 1.50 bits per heavy atom. The zero-order valence-electron chi connectivity index (χ0n) is 26.3. The van der Waals surface area contributed by atoms with Gasteiger partial charge >= 0.3 is 5.97 Å². The SMILES string of the molecule is Nc1nc(C(=NOC(c2ccccc2)(c2ccccc2)c2ccccc2)C(=O)NC2C(=O)N3C(C(=O)O)=C(C[n+]4ccccc4)CS[C@H]23)ns1. The average molecular weight is 705 g/mol. The predicted octanol–water partition coefficient (Wildman–Crippen LogP) is 3.56. The summed E-state index contributed by atoms with van der Waals surface area (Å²) in [5.41, 5.74) is 7.05. The second kappa shape index (κ2) is 13.9. The van der Waals surface area contributed by atoms with Crippen LogP contribution in [-0.2, 0) is 31.4 Å². The van der Waals surface area contributed by atoms with Crippen molar-refractivity contribution in [1.29, 1.82) is 0 Å². The molecule has 1 saturated heterocycles. The van der Waals surface area contributed by atoms with Crippen molar-refractivity contribution in [2.45, 2.75) is 23.6 Å². The van der Waals surface area contributed by atoms with Crippen molar-refractivity contribution in [3.8, 4) is 0 Å². The standard InChI is InChI=1S/C36H29N7O5S2/c37-35-39-30(41-50-35)27(40-48-36(24-13-5-1-6-14-24,25-15-7-2-8-16-25)26-17-9-3-10-18-26)31(44)38-28-32(45)43-29(34(46)47)23(22-49-33(28)43)21-42-19-11-4-12-20-42/h1-20,28,33H,21-22H2,(H3-,37,38,39,41,44,46,47)/p+1/t28?,33-/m1/s1. The minimum atomic E-state index is -1.31. The fourth-order valence-corrected chi connectivity index (χ4v) is 7.85. The highest BCUT2D eigenvalue weighted by Crippen LogP contribution is 2.42. The average Bonchev–Trinajstić information content (AvgIpc) is 3.59. The molecule has 1 fully saturated rings. The monoisotopic (exact) mass is 704 g/mol. The van der Waals surface area contributed by atoms with Crippen LogP contribution in [0.15, 0.2) is 138 Å². The Morgan fingerprint density at radius 3 is 2.02 bits per heavy atom. The first-order valence-corrected chi connectivity index (χ1v) is 17.4. The second-order valence-corrected chi connectivity index (χ2v) is 13.3. The van der Waals surface area contributed by atoms with Crippen LogP contribution in [0.5, 0.6) is 0 Å². The number of aliphatic carboxylic acids is 1. The van der Waals surface area contributed by atoms with Gasteiger partial charge in [0.05, 0.1) is 0 Å². The molecule has 0 bridgehead atoms. The number of amides is 2. The fraction of sp³-hybridized carbons (Fsp3) is 0.139. The Bertz CT molecular complexity index is 2000. The number of carboxylic acid groups (broad SMARTS) is 1. The molecule has 4 heterocycles. The molecule has 1 unspecified atom stereocenters. The van der Waals surface area contributed by atoms with E-state index in [-0.39, 0.29) is 22.4 Å². The van der Waals surface area contributed by atoms with Gasteiger partial charge in [0.1, 0.15) is 17.1 Å². The topological polar surface area (TPSA) is 164 Å². The van der Waals surface area contributed by atoms with E-state index in [4.69, 9.17) is 10.6 Å². The van der Waals surface area contributed by atoms with Crippen LogP contribution in [0.1, 0.15) is 22.5 Å². The first kappa shape index (κ1) is 32.7. The molecule has 0 radical (unpaired) electrons. The molecule has 4 N–H and O–H groups in total.